The number of unbranched alkanes of at least 4 members (excludes halogenated alkanes) is 1. The molecule has 0 radical (unpaired) electrons. The molecule has 43 heteroatoms. The number of likely N-dealkylation sites (tertiary alicyclic amines) is 1. The molecule has 3 heterocycles. The van der Waals surface area contributed by atoms with Gasteiger partial charge in [-0.15, -0.1) is 0 Å². The lowest BCUT2D eigenvalue weighted by Gasteiger charge is -2.36. The van der Waals surface area contributed by atoms with Crippen LogP contribution in [0.4, 0.5) is 11.4 Å². The second-order valence-electron chi connectivity index (χ2n) is 27.4. The first-order chi connectivity index (χ1) is 54.2. The van der Waals surface area contributed by atoms with Crippen molar-refractivity contribution in [2.24, 2.45) is 23.3 Å². The second kappa shape index (κ2) is 39.5. The van der Waals surface area contributed by atoms with Gasteiger partial charge < -0.3 is 115 Å². The van der Waals surface area contributed by atoms with Crippen molar-refractivity contribution in [1.82, 2.24) is 58.1 Å². The number of nitrogens with two attached hydrogens (primary N) is 2. The number of phenols is 2. The lowest BCUT2D eigenvalue weighted by molar-refractivity contribution is -0.384. The van der Waals surface area contributed by atoms with Crippen LogP contribution in [0, 0.1) is 22.0 Å². The molecule has 1 fully saturated rings. The first kappa shape index (κ1) is 88.6. The van der Waals surface area contributed by atoms with Gasteiger partial charge in [-0.05, 0) is 106 Å². The number of esters is 1. The van der Waals surface area contributed by atoms with E-state index >= 15 is 0 Å². The molecular formula is C72H85N15O27S. The number of nitrogens with zero attached hydrogens (tertiary/aromatic N) is 2. The molecular weight excluding hydrogens is 1540 g/mol. The summed E-state index contributed by atoms with van der Waals surface area (Å²) in [4.78, 5) is 236. The van der Waals surface area contributed by atoms with E-state index in [0.29, 0.717) is 28.8 Å². The Hall–Kier alpha value is -13.6. The molecule has 0 saturated carbocycles. The first-order valence-corrected chi connectivity index (χ1v) is 36.0. The van der Waals surface area contributed by atoms with E-state index in [0.717, 1.165) is 31.2 Å². The van der Waals surface area contributed by atoms with E-state index in [-0.39, 0.29) is 83.9 Å². The number of benzene rings is 4. The van der Waals surface area contributed by atoms with E-state index in [1.54, 1.807) is 38.1 Å². The van der Waals surface area contributed by atoms with Crippen molar-refractivity contribution in [1.29, 1.82) is 0 Å². The minimum atomic E-state index is -2.42. The third-order valence-electron chi connectivity index (χ3n) is 18.5. The van der Waals surface area contributed by atoms with Crippen molar-refractivity contribution >= 4 is 129 Å². The summed E-state index contributed by atoms with van der Waals surface area (Å²) in [6.45, 7) is 4.90. The molecule has 4 aromatic rings. The Kier molecular flexibility index (Phi) is 30.4. The fourth-order valence-electron chi connectivity index (χ4n) is 12.7. The molecule has 3 aliphatic heterocycles. The van der Waals surface area contributed by atoms with E-state index in [4.69, 9.17) is 33.2 Å². The number of phenolic OH excluding ortho intramolecular Hbond substituents is 2. The average molecular weight is 1620 g/mol. The molecule has 1 saturated heterocycles. The Labute approximate surface area is 657 Å². The maximum absolute atomic E-state index is 14.4. The summed E-state index contributed by atoms with van der Waals surface area (Å²) in [5.74, 6) is -24.7. The Morgan fingerprint density at radius 1 is 0.635 bits per heavy atom. The number of ether oxygens (including phenoxy) is 2. The molecule has 9 atom stereocenters. The molecule has 115 heavy (non-hydrogen) atoms. The predicted molar refractivity (Wildman–Crippen MR) is 398 cm³/mol. The van der Waals surface area contributed by atoms with Crippen molar-refractivity contribution in [2.45, 2.75) is 158 Å². The number of carboxylic acid groups (broad SMARTS) is 4. The van der Waals surface area contributed by atoms with Crippen LogP contribution in [0.15, 0.2) is 78.9 Å². The molecule has 0 aliphatic carbocycles. The normalized spacial score (nSPS) is 15.5. The molecule has 7 rings (SSSR count). The maximum Gasteiger partial charge on any atom is 0.340 e. The van der Waals surface area contributed by atoms with Gasteiger partial charge in [0.25, 0.3) is 5.69 Å². The summed E-state index contributed by atoms with van der Waals surface area (Å²) in [5, 5.41) is 97.4. The van der Waals surface area contributed by atoms with Gasteiger partial charge in [0.05, 0.1) is 29.9 Å². The SMILES string of the molecule is CC(=O)N[C@H](C(=O)N1CCC[C@H]1C(=O)NCC(=O)N[C@@H](CCC(N)=O)C(=O)N[C@@H](Cc1ccc([N+](=O)[O-])cc1)C(=O)N[C@@H](CC(=O)O)C(=O)N[C@@H](CC(=O)O)C(=O)N[C@@H](C)C(=O)N[C@@H](CC(C(=O)O)C(=O)O)C(=O)N[C@@H](CCCCNC(=S)Nc1ccc2c(c1)C(=O)OC21c2ccc(O)cc2Oc2cc(O)ccc21)C(N)=O)C(C)C. The molecule has 12 amide bonds. The fourth-order valence-corrected chi connectivity index (χ4v) is 12.9. The van der Waals surface area contributed by atoms with E-state index in [1.807, 2.05) is 10.6 Å². The summed E-state index contributed by atoms with van der Waals surface area (Å²) in [7, 11) is 0. The Morgan fingerprint density at radius 2 is 1.17 bits per heavy atom. The number of primary amides is 2. The quantitative estimate of drug-likeness (QED) is 0.00563. The van der Waals surface area contributed by atoms with E-state index in [9.17, 15) is 122 Å². The zero-order valence-electron chi connectivity index (χ0n) is 62.0. The number of nitro benzene ring substituents is 1. The Bertz CT molecular complexity index is 4460. The zero-order valence-corrected chi connectivity index (χ0v) is 62.8. The van der Waals surface area contributed by atoms with Crippen LogP contribution in [-0.2, 0) is 93.5 Å². The predicted octanol–water partition coefficient (Wildman–Crippen LogP) is -2.17. The van der Waals surface area contributed by atoms with Crippen LogP contribution in [0.1, 0.15) is 125 Å². The maximum atomic E-state index is 14.4. The number of aliphatic carboxylic acids is 4. The number of nitrogens with one attached hydrogen (secondary N) is 11. The number of hydrogen-bond acceptors (Lipinski definition) is 24. The highest BCUT2D eigenvalue weighted by atomic mass is 32.1. The number of amides is 12. The number of aromatic hydroxyl groups is 2. The first-order valence-electron chi connectivity index (χ1n) is 35.6. The Balaban J connectivity index is 0.982. The fraction of sp³-hybridized carbons (Fsp3) is 0.417. The third-order valence-corrected chi connectivity index (χ3v) is 18.7. The third kappa shape index (κ3) is 23.7. The molecule has 3 aliphatic rings. The molecule has 4 aromatic carbocycles. The number of carboxylic acids is 4. The molecule has 1 spiro atoms. The van der Waals surface area contributed by atoms with Crippen molar-refractivity contribution < 1.29 is 127 Å². The highest BCUT2D eigenvalue weighted by molar-refractivity contribution is 7.80. The molecule has 616 valence electrons. The number of non-ortho nitro benzene ring substituents is 1. The van der Waals surface area contributed by atoms with Gasteiger partial charge in [-0.1, -0.05) is 32.0 Å². The van der Waals surface area contributed by atoms with Gasteiger partial charge in [-0.3, -0.25) is 86.8 Å². The van der Waals surface area contributed by atoms with Gasteiger partial charge in [0.1, 0.15) is 77.4 Å². The second-order valence-corrected chi connectivity index (χ2v) is 27.8. The van der Waals surface area contributed by atoms with E-state index in [1.165, 1.54) is 42.2 Å². The van der Waals surface area contributed by atoms with Gasteiger partial charge in [-0.25, -0.2) is 4.79 Å². The summed E-state index contributed by atoms with van der Waals surface area (Å²) in [5.41, 5.74) is 10.8. The van der Waals surface area contributed by atoms with Gasteiger partial charge in [0, 0.05) is 85.9 Å². The summed E-state index contributed by atoms with van der Waals surface area (Å²) < 4.78 is 12.1. The number of hydrogen-bond donors (Lipinski definition) is 19. The summed E-state index contributed by atoms with van der Waals surface area (Å²) >= 11 is 5.49. The monoisotopic (exact) mass is 1620 g/mol. The highest BCUT2D eigenvalue weighted by Crippen LogP contribution is 2.57. The smallest absolute Gasteiger partial charge is 0.340 e. The van der Waals surface area contributed by atoms with Crippen molar-refractivity contribution in [3.05, 3.63) is 117 Å². The standard InChI is InChI=1S/C72H85N15O27S/c1-32(2)58(78-34(4)88)67(105)86-23-7-9-51(86)66(104)76-31-55(92)80-46(20-21-54(73)91)61(99)83-47(24-35-10-13-37(14-11-35)87(111)112)63(101)85-50(30-57(95)96)65(103)84-49(29-56(93)94)62(100)77-33(3)60(98)82-48(28-41(68(106)107)69(108)109)64(102)81-45(59(74)97)8-5-6-22-75-71(115)79-36-12-17-42-40(25-36)70(110)114-72(42)43-18-15-38(89)26-52(43)113-53-27-39(90)16-19-44(53)72/h10-19,25-27,32-33,41,45-51,58,89-90H,5-9,20-24,28-31H2,1-4H3,(H2,73,91)(H2,74,97)(H,76,104)(H,77,100)(H,78,88)(H,80,92)(H,81,102)(H,82,98)(H,83,99)(H,84,103)(H,85,101)(H,93,94)(H,95,96)(H,106,107)(H,108,109)(H2,75,79,115)/t33-,45-,46-,47-,48-,49-,50-,51-,58-/m0/s1. The largest absolute Gasteiger partial charge is 0.508 e. The van der Waals surface area contributed by atoms with Crippen LogP contribution in [-0.4, -0.2) is 220 Å². The van der Waals surface area contributed by atoms with Gasteiger partial charge in [0.15, 0.2) is 16.6 Å². The number of fused-ring (bicyclic) bond motifs is 6. The van der Waals surface area contributed by atoms with Gasteiger partial charge in [0.2, 0.25) is 70.9 Å². The van der Waals surface area contributed by atoms with Crippen LogP contribution in [0.5, 0.6) is 23.0 Å². The van der Waals surface area contributed by atoms with Crippen LogP contribution in [0.25, 0.3) is 0 Å². The Morgan fingerprint density at radius 3 is 1.72 bits per heavy atom. The number of anilines is 1. The average Bonchev–Trinajstić information content (AvgIpc) is 1.59. The zero-order chi connectivity index (χ0) is 85.0. The van der Waals surface area contributed by atoms with Gasteiger partial charge in [-0.2, -0.15) is 0 Å². The lowest BCUT2D eigenvalue weighted by atomic mass is 9.77. The lowest BCUT2D eigenvalue weighted by Crippen LogP contribution is -2.60. The summed E-state index contributed by atoms with van der Waals surface area (Å²) in [6.07, 6.45) is -5.09. The highest BCUT2D eigenvalue weighted by Gasteiger charge is 2.54. The van der Waals surface area contributed by atoms with Crippen molar-refractivity contribution in [2.75, 3.05) is 25.0 Å². The molecule has 0 unspecified atom stereocenters. The van der Waals surface area contributed by atoms with E-state index in [2.05, 4.69) is 47.9 Å². The van der Waals surface area contributed by atoms with Crippen LogP contribution >= 0.6 is 12.2 Å². The summed E-state index contributed by atoms with van der Waals surface area (Å²) in [6, 6.07) is 1.54. The number of nitro groups is 1. The number of carbonyl (C=O) groups excluding carboxylic acids is 13. The molecule has 0 aromatic heterocycles. The number of carbonyl (C=O) groups is 17. The molecule has 42 nitrogen and oxygen atoms in total. The van der Waals surface area contributed by atoms with E-state index < -0.39 is 222 Å². The minimum Gasteiger partial charge on any atom is -0.508 e. The number of thiocarbonyl (C=S) groups is 1. The van der Waals surface area contributed by atoms with Crippen LogP contribution in [0.2, 0.25) is 0 Å². The van der Waals surface area contributed by atoms with Crippen LogP contribution < -0.4 is 74.7 Å². The minimum absolute atomic E-state index is 0.0584. The van der Waals surface area contributed by atoms with Crippen molar-refractivity contribution in [3.63, 3.8) is 0 Å². The molecule has 0 bridgehead atoms. The van der Waals surface area contributed by atoms with Gasteiger partial charge >= 0.3 is 29.8 Å². The van der Waals surface area contributed by atoms with Crippen LogP contribution in [0.3, 0.4) is 0 Å². The topological polar surface area (TPSA) is 661 Å². The number of rotatable bonds is 40. The molecule has 21 N–H and O–H groups in total. The van der Waals surface area contributed by atoms with Crippen molar-refractivity contribution in [3.8, 4) is 23.0 Å².